The predicted molar refractivity (Wildman–Crippen MR) is 172 cm³/mol. The molecule has 0 saturated carbocycles. The molecule has 250 valence electrons. The molecule has 1 amide bonds. The van der Waals surface area contributed by atoms with E-state index in [1.165, 1.54) is 9.58 Å². The first-order chi connectivity index (χ1) is 22.2. The Hall–Kier alpha value is -3.88. The Bertz CT molecular complexity index is 1820. The molecule has 1 saturated heterocycles. The van der Waals surface area contributed by atoms with E-state index in [1.807, 2.05) is 39.8 Å². The number of aromatic nitrogens is 4. The highest BCUT2D eigenvalue weighted by Crippen LogP contribution is 2.43. The molecule has 2 atom stereocenters. The number of rotatable bonds is 3. The minimum Gasteiger partial charge on any atom is -0.464 e. The highest BCUT2D eigenvalue weighted by molar-refractivity contribution is 7.09. The van der Waals surface area contributed by atoms with Gasteiger partial charge < -0.3 is 15.0 Å². The third-order valence-electron chi connectivity index (χ3n) is 8.58. The number of alkyl halides is 3. The van der Waals surface area contributed by atoms with E-state index in [2.05, 4.69) is 19.8 Å². The van der Waals surface area contributed by atoms with Gasteiger partial charge in [0.25, 0.3) is 5.91 Å². The molecular weight excluding hydrogens is 631 g/mol. The minimum absolute atomic E-state index is 0.00634. The van der Waals surface area contributed by atoms with Gasteiger partial charge in [-0.05, 0) is 72.6 Å². The van der Waals surface area contributed by atoms with E-state index in [4.69, 9.17) is 10.5 Å². The van der Waals surface area contributed by atoms with Crippen molar-refractivity contribution >= 4 is 34.3 Å². The van der Waals surface area contributed by atoms with Gasteiger partial charge in [-0.1, -0.05) is 27.7 Å². The summed E-state index contributed by atoms with van der Waals surface area (Å²) in [6.45, 7) is 6.98. The Morgan fingerprint density at radius 2 is 2.00 bits per heavy atom. The number of fused-ring (bicyclic) bond motifs is 6. The Morgan fingerprint density at radius 1 is 1.21 bits per heavy atom. The first-order valence-corrected chi connectivity index (χ1v) is 16.5. The number of hydrogen-bond donors (Lipinski definition) is 2. The molecule has 1 fully saturated rings. The fourth-order valence-corrected chi connectivity index (χ4v) is 7.10. The molecule has 3 aromatic heterocycles. The molecule has 0 aliphatic carbocycles. The summed E-state index contributed by atoms with van der Waals surface area (Å²) < 4.78 is 54.5. The number of nitrogens with zero attached hydrogens (tertiary/aromatic N) is 5. The van der Waals surface area contributed by atoms with Crippen LogP contribution in [0.4, 0.5) is 13.2 Å². The lowest BCUT2D eigenvalue weighted by Crippen LogP contribution is -2.59. The molecule has 5 heterocycles. The highest BCUT2D eigenvalue weighted by Gasteiger charge is 2.36. The number of carbonyl (C=O) groups excluding carboxylic acids is 2. The largest absolute Gasteiger partial charge is 0.464 e. The second kappa shape index (κ2) is 12.6. The molecule has 0 spiro atoms. The molecule has 0 radical (unpaired) electrons. The van der Waals surface area contributed by atoms with Gasteiger partial charge in [0.2, 0.25) is 0 Å². The number of nitrogens with two attached hydrogens (primary N) is 1. The normalized spacial score (nSPS) is 20.8. The van der Waals surface area contributed by atoms with Gasteiger partial charge in [0.15, 0.2) is 0 Å². The van der Waals surface area contributed by atoms with Gasteiger partial charge in [0.1, 0.15) is 23.4 Å². The Labute approximate surface area is 274 Å². The zero-order valence-electron chi connectivity index (χ0n) is 26.7. The van der Waals surface area contributed by atoms with Crippen molar-refractivity contribution in [3.05, 3.63) is 53.6 Å². The maximum atomic E-state index is 14.3. The molecular formula is C33H38F3N7O3S. The molecule has 4 aromatic rings. The van der Waals surface area contributed by atoms with E-state index in [0.717, 1.165) is 11.5 Å². The second-order valence-corrected chi connectivity index (χ2v) is 14.2. The van der Waals surface area contributed by atoms with E-state index >= 15 is 0 Å². The van der Waals surface area contributed by atoms with Crippen LogP contribution in [0.1, 0.15) is 63.5 Å². The lowest BCUT2D eigenvalue weighted by molar-refractivity contribution is -0.155. The third kappa shape index (κ3) is 6.90. The average molecular weight is 670 g/mol. The summed E-state index contributed by atoms with van der Waals surface area (Å²) in [5.41, 5.74) is 12.1. The maximum Gasteiger partial charge on any atom is 0.406 e. The van der Waals surface area contributed by atoms with Crippen LogP contribution in [0.25, 0.3) is 32.7 Å². The summed E-state index contributed by atoms with van der Waals surface area (Å²) in [5.74, 6) is -0.553. The van der Waals surface area contributed by atoms with Crippen LogP contribution in [-0.4, -0.2) is 67.2 Å². The Balaban J connectivity index is 1.56. The average Bonchev–Trinajstić information content (AvgIpc) is 3.60. The van der Waals surface area contributed by atoms with E-state index in [0.29, 0.717) is 75.6 Å². The van der Waals surface area contributed by atoms with Crippen LogP contribution in [0.3, 0.4) is 0 Å². The van der Waals surface area contributed by atoms with Crippen LogP contribution in [0, 0.1) is 5.41 Å². The molecule has 1 aromatic carbocycles. The van der Waals surface area contributed by atoms with E-state index < -0.39 is 36.2 Å². The fourth-order valence-electron chi connectivity index (χ4n) is 6.42. The molecule has 2 aliphatic heterocycles. The fraction of sp³-hybridized carbons (Fsp3) is 0.485. The van der Waals surface area contributed by atoms with Crippen LogP contribution in [-0.2, 0) is 33.7 Å². The van der Waals surface area contributed by atoms with Crippen molar-refractivity contribution in [3.63, 3.8) is 0 Å². The molecule has 14 heteroatoms. The number of ether oxygens (including phenoxy) is 1. The van der Waals surface area contributed by atoms with Gasteiger partial charge in [0, 0.05) is 46.6 Å². The topological polar surface area (TPSA) is 128 Å². The van der Waals surface area contributed by atoms with Gasteiger partial charge in [-0.2, -0.15) is 17.5 Å². The third-order valence-corrected chi connectivity index (χ3v) is 9.38. The number of carbonyl (C=O) groups is 2. The lowest BCUT2D eigenvalue weighted by Gasteiger charge is -2.34. The van der Waals surface area contributed by atoms with Crippen LogP contribution in [0.2, 0.25) is 0 Å². The first kappa shape index (κ1) is 33.0. The van der Waals surface area contributed by atoms with Crippen molar-refractivity contribution < 1.29 is 27.5 Å². The number of pyridine rings is 1. The van der Waals surface area contributed by atoms with Crippen molar-refractivity contribution in [2.24, 2.45) is 11.1 Å². The number of hydrazine groups is 1. The summed E-state index contributed by atoms with van der Waals surface area (Å²) >= 11 is 1.14. The summed E-state index contributed by atoms with van der Waals surface area (Å²) in [7, 11) is 0. The van der Waals surface area contributed by atoms with E-state index in [1.54, 1.807) is 24.4 Å². The zero-order chi connectivity index (χ0) is 33.7. The molecule has 6 bridgehead atoms. The number of nitrogens with one attached hydrogen (secondary N) is 1. The van der Waals surface area contributed by atoms with Crippen molar-refractivity contribution in [3.8, 4) is 21.8 Å². The molecule has 2 aliphatic rings. The van der Waals surface area contributed by atoms with Gasteiger partial charge in [-0.25, -0.2) is 10.4 Å². The monoisotopic (exact) mass is 669 g/mol. The summed E-state index contributed by atoms with van der Waals surface area (Å²) in [6.07, 6.45) is -1.41. The second-order valence-electron chi connectivity index (χ2n) is 13.4. The number of halogens is 3. The summed E-state index contributed by atoms with van der Waals surface area (Å²) in [4.78, 5) is 35.7. The summed E-state index contributed by atoms with van der Waals surface area (Å²) in [6, 6.07) is 7.16. The first-order valence-electron chi connectivity index (χ1n) is 15.7. The van der Waals surface area contributed by atoms with Gasteiger partial charge in [-0.3, -0.25) is 19.6 Å². The van der Waals surface area contributed by atoms with Crippen LogP contribution in [0.15, 0.2) is 36.5 Å². The van der Waals surface area contributed by atoms with Crippen molar-refractivity contribution in [1.29, 1.82) is 0 Å². The van der Waals surface area contributed by atoms with Gasteiger partial charge in [-0.15, -0.1) is 0 Å². The number of cyclic esters (lactones) is 1. The molecule has 47 heavy (non-hydrogen) atoms. The SMILES string of the molecule is CC(C)c1ncccc1-c1c2c3cc(ccc3n1CC(F)(F)F)-c1nc(ns1)C[C@H](N)C(=O)N1CCC[C@H](N1)C(=O)OCC(C)(C)C2. The van der Waals surface area contributed by atoms with Crippen molar-refractivity contribution in [1.82, 2.24) is 29.3 Å². The minimum atomic E-state index is -4.50. The molecule has 3 N–H and O–H groups in total. The number of esters is 1. The number of hydrogen-bond acceptors (Lipinski definition) is 9. The van der Waals surface area contributed by atoms with Crippen molar-refractivity contribution in [2.45, 2.75) is 84.1 Å². The zero-order valence-corrected chi connectivity index (χ0v) is 27.5. The van der Waals surface area contributed by atoms with E-state index in [9.17, 15) is 22.8 Å². The van der Waals surface area contributed by atoms with Crippen LogP contribution >= 0.6 is 11.5 Å². The van der Waals surface area contributed by atoms with Gasteiger partial charge in [0.05, 0.1) is 24.0 Å². The van der Waals surface area contributed by atoms with Gasteiger partial charge >= 0.3 is 12.1 Å². The molecule has 0 unspecified atom stereocenters. The molecule has 6 rings (SSSR count). The smallest absolute Gasteiger partial charge is 0.406 e. The summed E-state index contributed by atoms with van der Waals surface area (Å²) in [5, 5.41) is 2.57. The Morgan fingerprint density at radius 3 is 2.74 bits per heavy atom. The predicted octanol–water partition coefficient (Wildman–Crippen LogP) is 5.40. The highest BCUT2D eigenvalue weighted by atomic mass is 32.1. The maximum absolute atomic E-state index is 14.3. The van der Waals surface area contributed by atoms with Crippen molar-refractivity contribution in [2.75, 3.05) is 13.2 Å². The quantitative estimate of drug-likeness (QED) is 0.278. The lowest BCUT2D eigenvalue weighted by atomic mass is 9.84. The number of benzene rings is 1. The standard InChI is InChI=1S/C33H38F3N7O3S/c1-18(2)27-20(7-5-11-38-27)28-22-15-32(3,4)17-46-31(45)24-8-6-12-43(40-24)30(44)23(37)14-26-39-29(47-41-26)19-9-10-25(21(22)13-19)42(28)16-33(34,35)36/h5,7,9-11,13,18,23-24,40H,6,8,12,14-17,37H2,1-4H3/t23-,24-/m0/s1. The van der Waals surface area contributed by atoms with E-state index in [-0.39, 0.29) is 24.9 Å². The number of amides is 1. The molecule has 10 nitrogen and oxygen atoms in total. The Kier molecular flexibility index (Phi) is 8.87. The van der Waals surface area contributed by atoms with Crippen LogP contribution < -0.4 is 11.2 Å². The van der Waals surface area contributed by atoms with Crippen LogP contribution in [0.5, 0.6) is 0 Å².